The van der Waals surface area contributed by atoms with E-state index in [0.29, 0.717) is 12.1 Å². The van der Waals surface area contributed by atoms with Crippen LogP contribution in [0.3, 0.4) is 0 Å². The van der Waals surface area contributed by atoms with Crippen molar-refractivity contribution in [2.75, 3.05) is 7.11 Å². The average molecular weight is 509 g/mol. The normalized spacial score (nSPS) is 11.0. The lowest BCUT2D eigenvalue weighted by molar-refractivity contribution is 0.0951. The van der Waals surface area contributed by atoms with Crippen LogP contribution < -0.4 is 10.1 Å². The first-order valence-electron chi connectivity index (χ1n) is 12.1. The largest absolute Gasteiger partial charge is 0.497 e. The number of aromatic nitrogens is 3. The fraction of sp³-hybridized carbons (Fsp3) is 0.167. The van der Waals surface area contributed by atoms with E-state index in [1.807, 2.05) is 60.8 Å². The summed E-state index contributed by atoms with van der Waals surface area (Å²) < 4.78 is 7.48. The molecule has 1 amide bonds. The first kappa shape index (κ1) is 24.6. The van der Waals surface area contributed by atoms with Crippen LogP contribution in [0.15, 0.2) is 96.4 Å². The van der Waals surface area contributed by atoms with Gasteiger partial charge in [-0.2, -0.15) is 0 Å². The molecule has 2 aromatic heterocycles. The topological polar surface area (TPSA) is 69.0 Å². The summed E-state index contributed by atoms with van der Waals surface area (Å²) in [5.41, 5.74) is 7.23. The number of nitrogens with zero attached hydrogens (tertiary/aromatic N) is 3. The maximum Gasteiger partial charge on any atom is 0.251 e. The molecule has 186 valence electrons. The highest BCUT2D eigenvalue weighted by molar-refractivity contribution is 7.98. The van der Waals surface area contributed by atoms with Crippen LogP contribution in [0.25, 0.3) is 11.0 Å². The molecule has 0 atom stereocenters. The molecule has 0 bridgehead atoms. The standard InChI is InChI=1S/C30H28N4O2S/c1-21-6-3-4-8-25(21)19-34-28-18-31-15-14-27(28)33-30(34)37-20-22-10-12-24(13-11-22)29(35)32-17-23-7-5-9-26(16-23)36-2/h3-16,18H,17,19-20H2,1-2H3,(H,32,35). The number of amides is 1. The highest BCUT2D eigenvalue weighted by Gasteiger charge is 2.13. The molecule has 2 heterocycles. The van der Waals surface area contributed by atoms with Gasteiger partial charge in [-0.15, -0.1) is 0 Å². The third kappa shape index (κ3) is 5.84. The smallest absolute Gasteiger partial charge is 0.251 e. The predicted octanol–water partition coefficient (Wildman–Crippen LogP) is 6.02. The summed E-state index contributed by atoms with van der Waals surface area (Å²) in [5, 5.41) is 3.93. The van der Waals surface area contributed by atoms with Crippen LogP contribution in [0.2, 0.25) is 0 Å². The monoisotopic (exact) mass is 508 g/mol. The first-order chi connectivity index (χ1) is 18.1. The van der Waals surface area contributed by atoms with Gasteiger partial charge in [-0.05, 0) is 59.5 Å². The van der Waals surface area contributed by atoms with Crippen LogP contribution in [0.1, 0.15) is 32.6 Å². The lowest BCUT2D eigenvalue weighted by Gasteiger charge is -2.11. The van der Waals surface area contributed by atoms with Gasteiger partial charge in [-0.3, -0.25) is 9.78 Å². The molecule has 6 nitrogen and oxygen atoms in total. The quantitative estimate of drug-likeness (QED) is 0.247. The van der Waals surface area contributed by atoms with Crippen molar-refractivity contribution in [1.82, 2.24) is 19.9 Å². The number of nitrogens with one attached hydrogen (secondary N) is 1. The van der Waals surface area contributed by atoms with E-state index < -0.39 is 0 Å². The molecule has 0 aliphatic carbocycles. The minimum atomic E-state index is -0.102. The summed E-state index contributed by atoms with van der Waals surface area (Å²) in [6, 6.07) is 25.8. The van der Waals surface area contributed by atoms with Crippen molar-refractivity contribution >= 4 is 28.7 Å². The van der Waals surface area contributed by atoms with Crippen LogP contribution >= 0.6 is 11.8 Å². The van der Waals surface area contributed by atoms with Gasteiger partial charge in [-0.25, -0.2) is 4.98 Å². The van der Waals surface area contributed by atoms with Crippen molar-refractivity contribution in [2.45, 2.75) is 30.9 Å². The minimum Gasteiger partial charge on any atom is -0.497 e. The van der Waals surface area contributed by atoms with Crippen molar-refractivity contribution < 1.29 is 9.53 Å². The average Bonchev–Trinajstić information content (AvgIpc) is 3.29. The fourth-order valence-corrected chi connectivity index (χ4v) is 5.11. The maximum absolute atomic E-state index is 12.6. The zero-order valence-corrected chi connectivity index (χ0v) is 21.7. The van der Waals surface area contributed by atoms with Gasteiger partial charge in [-0.1, -0.05) is 60.3 Å². The second kappa shape index (κ2) is 11.3. The number of ether oxygens (including phenoxy) is 1. The fourth-order valence-electron chi connectivity index (χ4n) is 4.14. The Balaban J connectivity index is 1.26. The highest BCUT2D eigenvalue weighted by Crippen LogP contribution is 2.28. The third-order valence-corrected chi connectivity index (χ3v) is 7.32. The van der Waals surface area contributed by atoms with E-state index in [1.165, 1.54) is 11.1 Å². The highest BCUT2D eigenvalue weighted by atomic mass is 32.2. The molecular weight excluding hydrogens is 480 g/mol. The van der Waals surface area contributed by atoms with E-state index in [2.05, 4.69) is 46.1 Å². The summed E-state index contributed by atoms with van der Waals surface area (Å²) in [6.07, 6.45) is 3.66. The zero-order chi connectivity index (χ0) is 25.6. The Morgan fingerprint density at radius 2 is 1.84 bits per heavy atom. The van der Waals surface area contributed by atoms with Crippen LogP contribution in [0.4, 0.5) is 0 Å². The summed E-state index contributed by atoms with van der Waals surface area (Å²) in [5.74, 6) is 1.42. The molecule has 0 spiro atoms. The van der Waals surface area contributed by atoms with Crippen LogP contribution in [0, 0.1) is 6.92 Å². The molecule has 0 saturated heterocycles. The number of methoxy groups -OCH3 is 1. The number of rotatable bonds is 9. The van der Waals surface area contributed by atoms with Gasteiger partial charge in [0, 0.05) is 24.1 Å². The number of hydrogen-bond donors (Lipinski definition) is 1. The number of pyridine rings is 1. The lowest BCUT2D eigenvalue weighted by atomic mass is 10.1. The third-order valence-electron chi connectivity index (χ3n) is 6.28. The maximum atomic E-state index is 12.6. The Bertz CT molecular complexity index is 1530. The van der Waals surface area contributed by atoms with Crippen molar-refractivity contribution in [3.63, 3.8) is 0 Å². The summed E-state index contributed by atoms with van der Waals surface area (Å²) in [7, 11) is 1.63. The second-order valence-electron chi connectivity index (χ2n) is 8.79. The van der Waals surface area contributed by atoms with E-state index in [9.17, 15) is 4.79 Å². The molecular formula is C30H28N4O2S. The lowest BCUT2D eigenvalue weighted by Crippen LogP contribution is -2.22. The number of imidazole rings is 1. The van der Waals surface area contributed by atoms with E-state index >= 15 is 0 Å². The van der Waals surface area contributed by atoms with Gasteiger partial charge in [0.1, 0.15) is 5.75 Å². The van der Waals surface area contributed by atoms with E-state index in [4.69, 9.17) is 9.72 Å². The van der Waals surface area contributed by atoms with E-state index in [1.54, 1.807) is 25.1 Å². The van der Waals surface area contributed by atoms with Gasteiger partial charge in [0.2, 0.25) is 0 Å². The molecule has 1 N–H and O–H groups in total. The van der Waals surface area contributed by atoms with Crippen molar-refractivity contribution in [1.29, 1.82) is 0 Å². The first-order valence-corrected chi connectivity index (χ1v) is 13.1. The molecule has 0 aliphatic rings. The van der Waals surface area contributed by atoms with Crippen molar-refractivity contribution in [3.05, 3.63) is 119 Å². The SMILES string of the molecule is COc1cccc(CNC(=O)c2ccc(CSc3nc4ccncc4n3Cc3ccccc3C)cc2)c1. The Morgan fingerprint density at radius 1 is 1.00 bits per heavy atom. The van der Waals surface area contributed by atoms with Crippen LogP contribution in [0.5, 0.6) is 5.75 Å². The molecule has 0 unspecified atom stereocenters. The summed E-state index contributed by atoms with van der Waals surface area (Å²) in [4.78, 5) is 21.8. The predicted molar refractivity (Wildman–Crippen MR) is 148 cm³/mol. The van der Waals surface area contributed by atoms with Gasteiger partial charge < -0.3 is 14.6 Å². The molecule has 0 fully saturated rings. The van der Waals surface area contributed by atoms with E-state index in [0.717, 1.165) is 45.4 Å². The number of benzene rings is 3. The molecule has 5 aromatic rings. The van der Waals surface area contributed by atoms with Crippen molar-refractivity contribution in [3.8, 4) is 5.75 Å². The molecule has 5 rings (SSSR count). The Labute approximate surface area is 220 Å². The number of aryl methyl sites for hydroxylation is 1. The van der Waals surface area contributed by atoms with Gasteiger partial charge >= 0.3 is 0 Å². The minimum absolute atomic E-state index is 0.102. The summed E-state index contributed by atoms with van der Waals surface area (Å²) >= 11 is 1.69. The van der Waals surface area contributed by atoms with Crippen LogP contribution in [-0.2, 0) is 18.8 Å². The number of fused-ring (bicyclic) bond motifs is 1. The summed E-state index contributed by atoms with van der Waals surface area (Å²) in [6.45, 7) is 3.32. The number of carbonyl (C=O) groups excluding carboxylic acids is 1. The van der Waals surface area contributed by atoms with Gasteiger partial charge in [0.05, 0.1) is 30.9 Å². The molecule has 0 saturated carbocycles. The Hall–Kier alpha value is -4.10. The molecule has 3 aromatic carbocycles. The second-order valence-corrected chi connectivity index (χ2v) is 9.73. The van der Waals surface area contributed by atoms with Crippen molar-refractivity contribution in [2.24, 2.45) is 0 Å². The zero-order valence-electron chi connectivity index (χ0n) is 20.8. The molecule has 37 heavy (non-hydrogen) atoms. The molecule has 0 radical (unpaired) electrons. The number of hydrogen-bond acceptors (Lipinski definition) is 5. The van der Waals surface area contributed by atoms with Gasteiger partial charge in [0.25, 0.3) is 5.91 Å². The molecule has 0 aliphatic heterocycles. The molecule has 7 heteroatoms. The Morgan fingerprint density at radius 3 is 2.65 bits per heavy atom. The number of thioether (sulfide) groups is 1. The van der Waals surface area contributed by atoms with Crippen LogP contribution in [-0.4, -0.2) is 27.6 Å². The Kier molecular flexibility index (Phi) is 7.51. The van der Waals surface area contributed by atoms with Gasteiger partial charge in [0.15, 0.2) is 5.16 Å². The number of carbonyl (C=O) groups is 1. The van der Waals surface area contributed by atoms with E-state index in [-0.39, 0.29) is 5.91 Å².